The first-order chi connectivity index (χ1) is 11.2. The molecule has 1 saturated carbocycles. The number of carbonyl (C=O) groups is 1. The summed E-state index contributed by atoms with van der Waals surface area (Å²) in [6, 6.07) is 10.8. The Kier molecular flexibility index (Phi) is 8.65. The number of amides is 1. The molecule has 1 aromatic heterocycles. The highest BCUT2D eigenvalue weighted by molar-refractivity contribution is 9.10. The minimum atomic E-state index is -0.203. The van der Waals surface area contributed by atoms with Crippen LogP contribution in [-0.4, -0.2) is 23.5 Å². The van der Waals surface area contributed by atoms with Crippen molar-refractivity contribution in [1.82, 2.24) is 10.3 Å². The highest BCUT2D eigenvalue weighted by Crippen LogP contribution is 2.32. The zero-order valence-corrected chi connectivity index (χ0v) is 16.6. The van der Waals surface area contributed by atoms with Crippen molar-refractivity contribution in [3.8, 4) is 11.6 Å². The van der Waals surface area contributed by atoms with Gasteiger partial charge in [-0.3, -0.25) is 4.79 Å². The first kappa shape index (κ1) is 21.7. The summed E-state index contributed by atoms with van der Waals surface area (Å²) in [4.78, 5) is 16.7. The van der Waals surface area contributed by atoms with Gasteiger partial charge in [0.05, 0.1) is 0 Å². The number of hydrogen-bond acceptors (Lipinski definition) is 4. The molecule has 3 rings (SSSR count). The van der Waals surface area contributed by atoms with Gasteiger partial charge in [0, 0.05) is 23.3 Å². The standard InChI is InChI=1S/C17H18BrN3O2.2ClH/c18-12-3-1-4-13(9-12)23-17-14(5-2-8-20-17)16(22)21-15(10-19)11-6-7-11;;/h1-5,8-9,11,15H,6-7,10,19H2,(H,21,22);2*1H. The van der Waals surface area contributed by atoms with Crippen LogP contribution in [0.4, 0.5) is 0 Å². The van der Waals surface area contributed by atoms with E-state index >= 15 is 0 Å². The molecule has 1 amide bonds. The van der Waals surface area contributed by atoms with Crippen LogP contribution >= 0.6 is 40.7 Å². The number of nitrogens with one attached hydrogen (secondary N) is 1. The number of nitrogens with two attached hydrogens (primary N) is 1. The van der Waals surface area contributed by atoms with Gasteiger partial charge in [-0.25, -0.2) is 4.98 Å². The molecule has 2 aromatic rings. The van der Waals surface area contributed by atoms with Gasteiger partial charge in [-0.1, -0.05) is 22.0 Å². The van der Waals surface area contributed by atoms with Crippen LogP contribution in [-0.2, 0) is 0 Å². The van der Waals surface area contributed by atoms with Crippen molar-refractivity contribution in [3.05, 3.63) is 52.6 Å². The van der Waals surface area contributed by atoms with Gasteiger partial charge in [-0.05, 0) is 49.1 Å². The van der Waals surface area contributed by atoms with Crippen LogP contribution in [0, 0.1) is 5.92 Å². The number of ether oxygens (including phenoxy) is 1. The third-order valence-corrected chi connectivity index (χ3v) is 4.28. The molecule has 0 spiro atoms. The van der Waals surface area contributed by atoms with Crippen molar-refractivity contribution in [3.63, 3.8) is 0 Å². The lowest BCUT2D eigenvalue weighted by Gasteiger charge is -2.17. The number of carbonyl (C=O) groups excluding carboxylic acids is 1. The second kappa shape index (κ2) is 9.97. The normalized spacial score (nSPS) is 13.8. The summed E-state index contributed by atoms with van der Waals surface area (Å²) < 4.78 is 6.67. The number of benzene rings is 1. The van der Waals surface area contributed by atoms with Crippen molar-refractivity contribution < 1.29 is 9.53 Å². The molecule has 1 aromatic carbocycles. The lowest BCUT2D eigenvalue weighted by molar-refractivity contribution is 0.0930. The van der Waals surface area contributed by atoms with Gasteiger partial charge in [0.1, 0.15) is 11.3 Å². The van der Waals surface area contributed by atoms with Gasteiger partial charge < -0.3 is 15.8 Å². The first-order valence-electron chi connectivity index (χ1n) is 7.56. The van der Waals surface area contributed by atoms with E-state index in [1.54, 1.807) is 18.3 Å². The third kappa shape index (κ3) is 5.85. The maximum Gasteiger partial charge on any atom is 0.257 e. The van der Waals surface area contributed by atoms with Gasteiger partial charge in [0.25, 0.3) is 5.91 Å². The van der Waals surface area contributed by atoms with Crippen LogP contribution in [0.1, 0.15) is 23.2 Å². The van der Waals surface area contributed by atoms with E-state index in [1.807, 2.05) is 24.3 Å². The van der Waals surface area contributed by atoms with Crippen LogP contribution in [0.2, 0.25) is 0 Å². The molecule has 1 unspecified atom stereocenters. The zero-order chi connectivity index (χ0) is 16.2. The minimum absolute atomic E-state index is 0. The molecule has 0 saturated heterocycles. The van der Waals surface area contributed by atoms with Gasteiger partial charge in [-0.2, -0.15) is 0 Å². The molecular weight excluding hydrogens is 429 g/mol. The van der Waals surface area contributed by atoms with E-state index in [0.717, 1.165) is 17.3 Å². The highest BCUT2D eigenvalue weighted by atomic mass is 79.9. The number of halogens is 3. The summed E-state index contributed by atoms with van der Waals surface area (Å²) in [5.74, 6) is 1.19. The molecule has 5 nitrogen and oxygen atoms in total. The van der Waals surface area contributed by atoms with Crippen LogP contribution in [0.25, 0.3) is 0 Å². The molecule has 1 heterocycles. The fraction of sp³-hybridized carbons (Fsp3) is 0.294. The Bertz CT molecular complexity index is 714. The number of rotatable bonds is 6. The van der Waals surface area contributed by atoms with Crippen molar-refractivity contribution in [2.45, 2.75) is 18.9 Å². The van der Waals surface area contributed by atoms with Crippen molar-refractivity contribution >= 4 is 46.7 Å². The van der Waals surface area contributed by atoms with Gasteiger partial charge >= 0.3 is 0 Å². The molecule has 1 aliphatic carbocycles. The third-order valence-electron chi connectivity index (χ3n) is 3.79. The second-order valence-corrected chi connectivity index (χ2v) is 6.48. The summed E-state index contributed by atoms with van der Waals surface area (Å²) in [5, 5.41) is 2.99. The maximum atomic E-state index is 12.5. The minimum Gasteiger partial charge on any atom is -0.438 e. The Labute approximate surface area is 167 Å². The molecule has 0 aliphatic heterocycles. The van der Waals surface area contributed by atoms with Crippen LogP contribution < -0.4 is 15.8 Å². The van der Waals surface area contributed by atoms with Crippen molar-refractivity contribution in [2.75, 3.05) is 6.54 Å². The van der Waals surface area contributed by atoms with E-state index in [9.17, 15) is 4.79 Å². The van der Waals surface area contributed by atoms with E-state index in [4.69, 9.17) is 10.5 Å². The Hall–Kier alpha value is -1.34. The first-order valence-corrected chi connectivity index (χ1v) is 8.36. The molecular formula is C17H20BrCl2N3O2. The fourth-order valence-electron chi connectivity index (χ4n) is 2.40. The molecule has 1 atom stereocenters. The predicted octanol–water partition coefficient (Wildman–Crippen LogP) is 3.95. The summed E-state index contributed by atoms with van der Waals surface area (Å²) >= 11 is 3.39. The highest BCUT2D eigenvalue weighted by Gasteiger charge is 2.32. The molecule has 0 radical (unpaired) electrons. The molecule has 3 N–H and O–H groups in total. The molecule has 1 aliphatic rings. The smallest absolute Gasteiger partial charge is 0.257 e. The van der Waals surface area contributed by atoms with E-state index in [1.165, 1.54) is 0 Å². The van der Waals surface area contributed by atoms with E-state index in [-0.39, 0.29) is 42.6 Å². The van der Waals surface area contributed by atoms with Crippen LogP contribution in [0.15, 0.2) is 47.1 Å². The van der Waals surface area contributed by atoms with E-state index in [0.29, 0.717) is 23.8 Å². The lowest BCUT2D eigenvalue weighted by Crippen LogP contribution is -2.41. The second-order valence-electron chi connectivity index (χ2n) is 5.57. The van der Waals surface area contributed by atoms with Crippen molar-refractivity contribution in [1.29, 1.82) is 0 Å². The summed E-state index contributed by atoms with van der Waals surface area (Å²) in [6.45, 7) is 0.443. The number of nitrogens with zero attached hydrogens (tertiary/aromatic N) is 1. The van der Waals surface area contributed by atoms with E-state index in [2.05, 4.69) is 26.2 Å². The molecule has 8 heteroatoms. The number of aromatic nitrogens is 1. The van der Waals surface area contributed by atoms with Gasteiger partial charge in [0.15, 0.2) is 0 Å². The Morgan fingerprint density at radius 1 is 1.32 bits per heavy atom. The molecule has 0 bridgehead atoms. The largest absolute Gasteiger partial charge is 0.438 e. The van der Waals surface area contributed by atoms with E-state index < -0.39 is 0 Å². The molecule has 1 fully saturated rings. The Morgan fingerprint density at radius 2 is 2.08 bits per heavy atom. The number of hydrogen-bond donors (Lipinski definition) is 2. The fourth-order valence-corrected chi connectivity index (χ4v) is 2.78. The lowest BCUT2D eigenvalue weighted by atomic mass is 10.1. The summed E-state index contributed by atoms with van der Waals surface area (Å²) in [6.07, 6.45) is 3.85. The quantitative estimate of drug-likeness (QED) is 0.701. The molecule has 136 valence electrons. The average Bonchev–Trinajstić information content (AvgIpc) is 3.38. The average molecular weight is 449 g/mol. The topological polar surface area (TPSA) is 77.2 Å². The Morgan fingerprint density at radius 3 is 2.72 bits per heavy atom. The van der Waals surface area contributed by atoms with Crippen LogP contribution in [0.3, 0.4) is 0 Å². The SMILES string of the molecule is Cl.Cl.NCC(NC(=O)c1cccnc1Oc1cccc(Br)c1)C1CC1. The molecule has 25 heavy (non-hydrogen) atoms. The maximum absolute atomic E-state index is 12.5. The summed E-state index contributed by atoms with van der Waals surface area (Å²) in [7, 11) is 0. The van der Waals surface area contributed by atoms with Crippen molar-refractivity contribution in [2.24, 2.45) is 11.7 Å². The van der Waals surface area contributed by atoms with Gasteiger partial charge in [0.2, 0.25) is 5.88 Å². The Balaban J connectivity index is 0.00000156. The predicted molar refractivity (Wildman–Crippen MR) is 106 cm³/mol. The monoisotopic (exact) mass is 447 g/mol. The van der Waals surface area contributed by atoms with Crippen LogP contribution in [0.5, 0.6) is 11.6 Å². The zero-order valence-electron chi connectivity index (χ0n) is 13.4. The van der Waals surface area contributed by atoms with Gasteiger partial charge in [-0.15, -0.1) is 24.8 Å². The summed E-state index contributed by atoms with van der Waals surface area (Å²) in [5.41, 5.74) is 6.16. The number of pyridine rings is 1.